The minimum Gasteiger partial charge on any atom is -0.457 e. The Labute approximate surface area is 189 Å². The Kier molecular flexibility index (Phi) is 5.47. The van der Waals surface area contributed by atoms with Crippen molar-refractivity contribution in [1.82, 2.24) is 9.66 Å². The van der Waals surface area contributed by atoms with E-state index in [0.29, 0.717) is 28.2 Å². The van der Waals surface area contributed by atoms with Crippen LogP contribution < -0.4 is 10.3 Å². The van der Waals surface area contributed by atoms with Crippen molar-refractivity contribution in [3.8, 4) is 22.9 Å². The largest absolute Gasteiger partial charge is 0.457 e. The normalized spacial score (nSPS) is 11.2. The van der Waals surface area contributed by atoms with Gasteiger partial charge in [0, 0.05) is 5.56 Å². The lowest BCUT2D eigenvalue weighted by atomic mass is 10.2. The van der Waals surface area contributed by atoms with Crippen LogP contribution in [-0.4, -0.2) is 15.9 Å². The van der Waals surface area contributed by atoms with E-state index in [1.54, 1.807) is 36.5 Å². The summed E-state index contributed by atoms with van der Waals surface area (Å²) in [7, 11) is 0. The summed E-state index contributed by atoms with van der Waals surface area (Å²) in [6, 6.07) is 29.7. The lowest BCUT2D eigenvalue weighted by molar-refractivity contribution is 0.480. The molecule has 6 heteroatoms. The van der Waals surface area contributed by atoms with E-state index >= 15 is 0 Å². The number of ether oxygens (including phenoxy) is 1. The predicted octanol–water partition coefficient (Wildman–Crippen LogP) is 5.88. The first-order valence-corrected chi connectivity index (χ1v) is 10.3. The number of para-hydroxylation sites is 1. The highest BCUT2D eigenvalue weighted by Crippen LogP contribution is 2.22. The average molecular weight is 435 g/mol. The molecule has 0 aliphatic carbocycles. The molecular formula is C27H18FN3O2. The van der Waals surface area contributed by atoms with Crippen LogP contribution in [0.5, 0.6) is 11.5 Å². The molecule has 5 rings (SSSR count). The van der Waals surface area contributed by atoms with Gasteiger partial charge in [-0.25, -0.2) is 9.37 Å². The lowest BCUT2D eigenvalue weighted by Crippen LogP contribution is -2.20. The quantitative estimate of drug-likeness (QED) is 0.324. The molecule has 0 amide bonds. The zero-order chi connectivity index (χ0) is 22.6. The molecule has 0 spiro atoms. The summed E-state index contributed by atoms with van der Waals surface area (Å²) in [5, 5.41) is 4.96. The molecule has 0 fully saturated rings. The van der Waals surface area contributed by atoms with E-state index in [-0.39, 0.29) is 11.4 Å². The maximum Gasteiger partial charge on any atom is 0.282 e. The molecule has 160 valence electrons. The number of nitrogens with zero attached hydrogens (tertiary/aromatic N) is 3. The molecule has 1 heterocycles. The first kappa shape index (κ1) is 20.3. The molecule has 0 radical (unpaired) electrons. The van der Waals surface area contributed by atoms with Gasteiger partial charge in [0.1, 0.15) is 17.3 Å². The van der Waals surface area contributed by atoms with E-state index in [4.69, 9.17) is 4.74 Å². The zero-order valence-corrected chi connectivity index (χ0v) is 17.4. The van der Waals surface area contributed by atoms with Crippen LogP contribution in [0.25, 0.3) is 22.3 Å². The van der Waals surface area contributed by atoms with Gasteiger partial charge in [-0.15, -0.1) is 0 Å². The van der Waals surface area contributed by atoms with Crippen LogP contribution in [0.4, 0.5) is 4.39 Å². The molecule has 0 unspecified atom stereocenters. The fraction of sp³-hybridized carbons (Fsp3) is 0. The van der Waals surface area contributed by atoms with Gasteiger partial charge in [0.15, 0.2) is 5.82 Å². The summed E-state index contributed by atoms with van der Waals surface area (Å²) in [6.07, 6.45) is 1.60. The maximum atomic E-state index is 13.2. The number of aromatic nitrogens is 2. The second-order valence-electron chi connectivity index (χ2n) is 7.31. The summed E-state index contributed by atoms with van der Waals surface area (Å²) in [6.45, 7) is 0. The molecular weight excluding hydrogens is 417 g/mol. The van der Waals surface area contributed by atoms with Crippen molar-refractivity contribution < 1.29 is 9.13 Å². The van der Waals surface area contributed by atoms with Crippen LogP contribution in [-0.2, 0) is 0 Å². The molecule has 4 aromatic carbocycles. The SMILES string of the molecule is O=c1c2ccccc2nc(-c2ccccc2)n1/N=C/c1ccc(Oc2ccc(F)cc2)cc1. The molecule has 0 N–H and O–H groups in total. The molecule has 1 aromatic heterocycles. The van der Waals surface area contributed by atoms with E-state index in [0.717, 1.165) is 11.1 Å². The van der Waals surface area contributed by atoms with Gasteiger partial charge in [-0.2, -0.15) is 9.78 Å². The lowest BCUT2D eigenvalue weighted by Gasteiger charge is -2.09. The van der Waals surface area contributed by atoms with Gasteiger partial charge in [0.2, 0.25) is 0 Å². The Hall–Kier alpha value is -4.58. The smallest absolute Gasteiger partial charge is 0.282 e. The van der Waals surface area contributed by atoms with Crippen LogP contribution in [0.1, 0.15) is 5.56 Å². The molecule has 0 bridgehead atoms. The average Bonchev–Trinajstić information content (AvgIpc) is 2.86. The maximum absolute atomic E-state index is 13.2. The van der Waals surface area contributed by atoms with Crippen molar-refractivity contribution in [3.05, 3.63) is 125 Å². The van der Waals surface area contributed by atoms with Gasteiger partial charge in [-0.05, 0) is 66.2 Å². The molecule has 33 heavy (non-hydrogen) atoms. The number of benzene rings is 4. The summed E-state index contributed by atoms with van der Waals surface area (Å²) in [5.74, 6) is 1.29. The molecule has 0 saturated carbocycles. The Morgan fingerprint density at radius 2 is 1.42 bits per heavy atom. The van der Waals surface area contributed by atoms with Crippen molar-refractivity contribution in [2.24, 2.45) is 5.10 Å². The second kappa shape index (κ2) is 8.88. The summed E-state index contributed by atoms with van der Waals surface area (Å²) in [5.41, 5.74) is 1.95. The molecule has 5 nitrogen and oxygen atoms in total. The fourth-order valence-electron chi connectivity index (χ4n) is 3.39. The highest BCUT2D eigenvalue weighted by Gasteiger charge is 2.11. The minimum atomic E-state index is -0.317. The third kappa shape index (κ3) is 4.41. The number of hydrogen-bond acceptors (Lipinski definition) is 4. The highest BCUT2D eigenvalue weighted by atomic mass is 19.1. The van der Waals surface area contributed by atoms with Gasteiger partial charge in [0.05, 0.1) is 17.1 Å². The third-order valence-electron chi connectivity index (χ3n) is 5.04. The van der Waals surface area contributed by atoms with Gasteiger partial charge < -0.3 is 4.74 Å². The standard InChI is InChI=1S/C27H18FN3O2/c28-21-12-16-23(17-13-21)33-22-14-10-19(11-15-22)18-29-31-26(20-6-2-1-3-7-20)30-25-9-5-4-8-24(25)27(31)32/h1-18H/b29-18+. The van der Waals surface area contributed by atoms with Crippen LogP contribution in [0, 0.1) is 5.82 Å². The molecule has 0 saturated heterocycles. The number of hydrogen-bond donors (Lipinski definition) is 0. The van der Waals surface area contributed by atoms with Crippen molar-refractivity contribution in [3.63, 3.8) is 0 Å². The van der Waals surface area contributed by atoms with E-state index in [1.807, 2.05) is 60.7 Å². The van der Waals surface area contributed by atoms with E-state index in [9.17, 15) is 9.18 Å². The van der Waals surface area contributed by atoms with E-state index in [2.05, 4.69) is 10.1 Å². The summed E-state index contributed by atoms with van der Waals surface area (Å²) >= 11 is 0. The molecule has 0 atom stereocenters. The molecule has 0 aliphatic rings. The number of fused-ring (bicyclic) bond motifs is 1. The van der Waals surface area contributed by atoms with Crippen molar-refractivity contribution in [2.75, 3.05) is 0 Å². The van der Waals surface area contributed by atoms with Crippen LogP contribution in [0.2, 0.25) is 0 Å². The first-order chi connectivity index (χ1) is 16.2. The van der Waals surface area contributed by atoms with Crippen molar-refractivity contribution in [2.45, 2.75) is 0 Å². The predicted molar refractivity (Wildman–Crippen MR) is 127 cm³/mol. The van der Waals surface area contributed by atoms with Crippen molar-refractivity contribution in [1.29, 1.82) is 0 Å². The molecule has 5 aromatic rings. The van der Waals surface area contributed by atoms with E-state index in [1.165, 1.54) is 16.8 Å². The fourth-order valence-corrected chi connectivity index (χ4v) is 3.39. The Morgan fingerprint density at radius 1 is 0.788 bits per heavy atom. The minimum absolute atomic E-state index is 0.244. The topological polar surface area (TPSA) is 56.5 Å². The monoisotopic (exact) mass is 435 g/mol. The number of halogens is 1. The van der Waals surface area contributed by atoms with Gasteiger partial charge in [0.25, 0.3) is 5.56 Å². The number of rotatable bonds is 5. The van der Waals surface area contributed by atoms with Crippen LogP contribution in [0.3, 0.4) is 0 Å². The van der Waals surface area contributed by atoms with Crippen molar-refractivity contribution >= 4 is 17.1 Å². The van der Waals surface area contributed by atoms with Gasteiger partial charge >= 0.3 is 0 Å². The second-order valence-corrected chi connectivity index (χ2v) is 7.31. The Balaban J connectivity index is 1.48. The third-order valence-corrected chi connectivity index (χ3v) is 5.04. The highest BCUT2D eigenvalue weighted by molar-refractivity contribution is 5.82. The first-order valence-electron chi connectivity index (χ1n) is 10.3. The van der Waals surface area contributed by atoms with Crippen LogP contribution in [0.15, 0.2) is 113 Å². The van der Waals surface area contributed by atoms with Crippen LogP contribution >= 0.6 is 0 Å². The van der Waals surface area contributed by atoms with Gasteiger partial charge in [-0.3, -0.25) is 4.79 Å². The van der Waals surface area contributed by atoms with Gasteiger partial charge in [-0.1, -0.05) is 42.5 Å². The summed E-state index contributed by atoms with van der Waals surface area (Å²) in [4.78, 5) is 17.9. The Bertz CT molecular complexity index is 1490. The Morgan fingerprint density at radius 3 is 2.15 bits per heavy atom. The zero-order valence-electron chi connectivity index (χ0n) is 17.4. The summed E-state index contributed by atoms with van der Waals surface area (Å²) < 4.78 is 20.1. The van der Waals surface area contributed by atoms with E-state index < -0.39 is 0 Å². The molecule has 0 aliphatic heterocycles.